The predicted octanol–water partition coefficient (Wildman–Crippen LogP) is 3.10. The summed E-state index contributed by atoms with van der Waals surface area (Å²) in [4.78, 5) is 2.20. The van der Waals surface area contributed by atoms with Crippen LogP contribution >= 0.6 is 11.6 Å². The van der Waals surface area contributed by atoms with E-state index in [1.165, 1.54) is 6.07 Å². The topological polar surface area (TPSA) is 24.5 Å². The van der Waals surface area contributed by atoms with Gasteiger partial charge in [-0.2, -0.15) is 13.2 Å². The number of rotatable bonds is 4. The third-order valence-electron chi connectivity index (χ3n) is 3.09. The summed E-state index contributed by atoms with van der Waals surface area (Å²) in [6.07, 6.45) is -4.38. The van der Waals surface area contributed by atoms with Crippen LogP contribution in [0, 0.1) is 0 Å². The van der Waals surface area contributed by atoms with Crippen LogP contribution in [0.4, 0.5) is 18.9 Å². The van der Waals surface area contributed by atoms with Crippen LogP contribution in [-0.2, 0) is 10.9 Å². The molecular weight excluding hydrogens is 293 g/mol. The molecule has 1 aromatic carbocycles. The van der Waals surface area contributed by atoms with Gasteiger partial charge in [0.15, 0.2) is 0 Å². The number of ether oxygens (including phenoxy) is 1. The van der Waals surface area contributed by atoms with E-state index < -0.39 is 11.7 Å². The van der Waals surface area contributed by atoms with E-state index in [0.717, 1.165) is 31.8 Å². The molecule has 1 aliphatic heterocycles. The summed E-state index contributed by atoms with van der Waals surface area (Å²) in [5.41, 5.74) is -0.350. The summed E-state index contributed by atoms with van der Waals surface area (Å²) in [6, 6.07) is 3.50. The van der Waals surface area contributed by atoms with Gasteiger partial charge in [-0.3, -0.25) is 4.90 Å². The van der Waals surface area contributed by atoms with Crippen LogP contribution in [-0.4, -0.2) is 44.3 Å². The van der Waals surface area contributed by atoms with Crippen molar-refractivity contribution in [1.82, 2.24) is 4.90 Å². The van der Waals surface area contributed by atoms with Crippen molar-refractivity contribution in [2.45, 2.75) is 6.18 Å². The van der Waals surface area contributed by atoms with Crippen LogP contribution in [0.2, 0.25) is 5.02 Å². The lowest BCUT2D eigenvalue weighted by molar-refractivity contribution is -0.137. The molecule has 112 valence electrons. The number of nitrogens with zero attached hydrogens (tertiary/aromatic N) is 1. The highest BCUT2D eigenvalue weighted by Crippen LogP contribution is 2.33. The second kappa shape index (κ2) is 6.65. The Bertz CT molecular complexity index is 448. The molecule has 0 spiro atoms. The van der Waals surface area contributed by atoms with Gasteiger partial charge in [0.25, 0.3) is 0 Å². The van der Waals surface area contributed by atoms with Crippen molar-refractivity contribution in [3.63, 3.8) is 0 Å². The zero-order chi connectivity index (χ0) is 14.6. The molecule has 2 rings (SSSR count). The van der Waals surface area contributed by atoms with Crippen molar-refractivity contribution in [3.05, 3.63) is 28.8 Å². The predicted molar refractivity (Wildman–Crippen MR) is 72.2 cm³/mol. The molecule has 0 atom stereocenters. The second-order valence-corrected chi connectivity index (χ2v) is 5.04. The third kappa shape index (κ3) is 4.54. The number of nitrogens with one attached hydrogen (secondary N) is 1. The lowest BCUT2D eigenvalue weighted by Gasteiger charge is -2.26. The van der Waals surface area contributed by atoms with Gasteiger partial charge >= 0.3 is 6.18 Å². The highest BCUT2D eigenvalue weighted by Gasteiger charge is 2.31. The van der Waals surface area contributed by atoms with Crippen LogP contribution in [0.25, 0.3) is 0 Å². The number of hydrogen-bond acceptors (Lipinski definition) is 3. The van der Waals surface area contributed by atoms with Crippen LogP contribution in [0.3, 0.4) is 0 Å². The lowest BCUT2D eigenvalue weighted by atomic mass is 10.2. The first-order chi connectivity index (χ1) is 9.45. The average Bonchev–Trinajstić information content (AvgIpc) is 2.38. The van der Waals surface area contributed by atoms with Gasteiger partial charge in [0, 0.05) is 36.9 Å². The molecule has 1 saturated heterocycles. The molecule has 7 heteroatoms. The first kappa shape index (κ1) is 15.4. The van der Waals surface area contributed by atoms with Gasteiger partial charge in [-0.1, -0.05) is 11.6 Å². The van der Waals surface area contributed by atoms with E-state index >= 15 is 0 Å². The Morgan fingerprint density at radius 1 is 1.20 bits per heavy atom. The summed E-state index contributed by atoms with van der Waals surface area (Å²) in [5, 5.41) is 3.06. The first-order valence-electron chi connectivity index (χ1n) is 6.37. The van der Waals surface area contributed by atoms with E-state index in [-0.39, 0.29) is 5.02 Å². The monoisotopic (exact) mass is 308 g/mol. The molecule has 1 aliphatic rings. The fraction of sp³-hybridized carbons (Fsp3) is 0.538. The highest BCUT2D eigenvalue weighted by atomic mass is 35.5. The molecule has 0 radical (unpaired) electrons. The minimum absolute atomic E-state index is 0.0775. The summed E-state index contributed by atoms with van der Waals surface area (Å²) in [6.45, 7) is 4.44. The molecule has 0 unspecified atom stereocenters. The summed E-state index contributed by atoms with van der Waals surface area (Å²) < 4.78 is 43.2. The van der Waals surface area contributed by atoms with E-state index in [0.29, 0.717) is 25.4 Å². The molecule has 0 amide bonds. The molecule has 1 aromatic rings. The molecule has 1 N–H and O–H groups in total. The minimum Gasteiger partial charge on any atom is -0.384 e. The Morgan fingerprint density at radius 2 is 1.90 bits per heavy atom. The molecule has 1 heterocycles. The lowest BCUT2D eigenvalue weighted by Crippen LogP contribution is -2.39. The zero-order valence-electron chi connectivity index (χ0n) is 10.8. The maximum Gasteiger partial charge on any atom is 0.416 e. The number of hydrogen-bond donors (Lipinski definition) is 1. The Hall–Kier alpha value is -0.980. The summed E-state index contributed by atoms with van der Waals surface area (Å²) in [5.74, 6) is 0. The van der Waals surface area contributed by atoms with Gasteiger partial charge in [-0.05, 0) is 18.2 Å². The van der Waals surface area contributed by atoms with Crippen LogP contribution < -0.4 is 5.32 Å². The summed E-state index contributed by atoms with van der Waals surface area (Å²) in [7, 11) is 0. The first-order valence-corrected chi connectivity index (χ1v) is 6.75. The Labute approximate surface area is 120 Å². The standard InChI is InChI=1S/C13H16ClF3N2O/c14-11-7-10(13(15,16)17)8-12(9-11)18-1-2-19-3-5-20-6-4-19/h7-9,18H,1-6H2. The van der Waals surface area contributed by atoms with Crippen LogP contribution in [0.1, 0.15) is 5.56 Å². The summed E-state index contributed by atoms with van der Waals surface area (Å²) >= 11 is 5.72. The number of morpholine rings is 1. The van der Waals surface area contributed by atoms with E-state index in [1.807, 2.05) is 0 Å². The number of halogens is 4. The van der Waals surface area contributed by atoms with Crippen LogP contribution in [0.15, 0.2) is 18.2 Å². The fourth-order valence-electron chi connectivity index (χ4n) is 2.04. The van der Waals surface area contributed by atoms with E-state index in [2.05, 4.69) is 10.2 Å². The maximum absolute atomic E-state index is 12.7. The van der Waals surface area contributed by atoms with Crippen molar-refractivity contribution < 1.29 is 17.9 Å². The van der Waals surface area contributed by atoms with Crippen molar-refractivity contribution in [2.75, 3.05) is 44.7 Å². The van der Waals surface area contributed by atoms with Crippen molar-refractivity contribution >= 4 is 17.3 Å². The Morgan fingerprint density at radius 3 is 2.55 bits per heavy atom. The smallest absolute Gasteiger partial charge is 0.384 e. The maximum atomic E-state index is 12.7. The van der Waals surface area contributed by atoms with E-state index in [9.17, 15) is 13.2 Å². The van der Waals surface area contributed by atoms with Gasteiger partial charge < -0.3 is 10.1 Å². The number of benzene rings is 1. The number of alkyl halides is 3. The molecule has 0 bridgehead atoms. The molecule has 0 aromatic heterocycles. The largest absolute Gasteiger partial charge is 0.416 e. The second-order valence-electron chi connectivity index (χ2n) is 4.61. The normalized spacial score (nSPS) is 17.2. The SMILES string of the molecule is FC(F)(F)c1cc(Cl)cc(NCCN2CCOCC2)c1. The third-order valence-corrected chi connectivity index (χ3v) is 3.30. The molecular formula is C13H16ClF3N2O. The highest BCUT2D eigenvalue weighted by molar-refractivity contribution is 6.30. The Kier molecular flexibility index (Phi) is 5.12. The van der Waals surface area contributed by atoms with E-state index in [4.69, 9.17) is 16.3 Å². The van der Waals surface area contributed by atoms with Gasteiger partial charge in [0.05, 0.1) is 18.8 Å². The number of anilines is 1. The molecule has 0 aliphatic carbocycles. The molecule has 0 saturated carbocycles. The van der Waals surface area contributed by atoms with Crippen LogP contribution in [0.5, 0.6) is 0 Å². The molecule has 3 nitrogen and oxygen atoms in total. The van der Waals surface area contributed by atoms with Gasteiger partial charge in [-0.15, -0.1) is 0 Å². The fourth-order valence-corrected chi connectivity index (χ4v) is 2.27. The van der Waals surface area contributed by atoms with Crippen molar-refractivity contribution in [1.29, 1.82) is 0 Å². The van der Waals surface area contributed by atoms with Gasteiger partial charge in [-0.25, -0.2) is 0 Å². The zero-order valence-corrected chi connectivity index (χ0v) is 11.6. The van der Waals surface area contributed by atoms with Crippen molar-refractivity contribution in [2.24, 2.45) is 0 Å². The van der Waals surface area contributed by atoms with Gasteiger partial charge in [0.2, 0.25) is 0 Å². The Balaban J connectivity index is 1.90. The van der Waals surface area contributed by atoms with Gasteiger partial charge in [0.1, 0.15) is 0 Å². The molecule has 1 fully saturated rings. The minimum atomic E-state index is -4.38. The van der Waals surface area contributed by atoms with Crippen molar-refractivity contribution in [3.8, 4) is 0 Å². The average molecular weight is 309 g/mol. The quantitative estimate of drug-likeness (QED) is 0.925. The molecule has 20 heavy (non-hydrogen) atoms. The van der Waals surface area contributed by atoms with E-state index in [1.54, 1.807) is 0 Å².